The first-order chi connectivity index (χ1) is 10.9. The minimum atomic E-state index is -3.69. The molecule has 0 aliphatic rings. The van der Waals surface area contributed by atoms with Gasteiger partial charge in [-0.05, 0) is 35.9 Å². The summed E-state index contributed by atoms with van der Waals surface area (Å²) >= 11 is 0. The number of hydrogen-bond acceptors (Lipinski definition) is 4. The maximum atomic E-state index is 12.2. The van der Waals surface area contributed by atoms with Gasteiger partial charge in [0.25, 0.3) is 0 Å². The SMILES string of the molecule is CC(=O)Nc1ccc(CNS(=O)(=O)c2cccc(C#N)c2)cc1. The van der Waals surface area contributed by atoms with E-state index in [1.165, 1.54) is 25.1 Å². The third-order valence-electron chi connectivity index (χ3n) is 3.01. The van der Waals surface area contributed by atoms with Crippen LogP contribution in [0.5, 0.6) is 0 Å². The van der Waals surface area contributed by atoms with Gasteiger partial charge in [-0.1, -0.05) is 18.2 Å². The van der Waals surface area contributed by atoms with Gasteiger partial charge in [0.15, 0.2) is 0 Å². The second kappa shape index (κ2) is 7.05. The summed E-state index contributed by atoms with van der Waals surface area (Å²) in [7, 11) is -3.69. The van der Waals surface area contributed by atoms with Crippen LogP contribution in [0.1, 0.15) is 18.1 Å². The van der Waals surface area contributed by atoms with Gasteiger partial charge in [-0.2, -0.15) is 5.26 Å². The number of carbonyl (C=O) groups is 1. The Morgan fingerprint density at radius 1 is 1.17 bits per heavy atom. The first-order valence-electron chi connectivity index (χ1n) is 6.77. The molecule has 0 atom stereocenters. The van der Waals surface area contributed by atoms with Gasteiger partial charge < -0.3 is 5.32 Å². The number of hydrogen-bond donors (Lipinski definition) is 2. The molecule has 0 heterocycles. The quantitative estimate of drug-likeness (QED) is 0.876. The Morgan fingerprint density at radius 2 is 1.87 bits per heavy atom. The average Bonchev–Trinajstić information content (AvgIpc) is 2.54. The lowest BCUT2D eigenvalue weighted by Crippen LogP contribution is -2.23. The molecule has 118 valence electrons. The fourth-order valence-electron chi connectivity index (χ4n) is 1.90. The van der Waals surface area contributed by atoms with Crippen LogP contribution in [0.25, 0.3) is 0 Å². The van der Waals surface area contributed by atoms with Crippen molar-refractivity contribution in [3.05, 3.63) is 59.7 Å². The number of nitriles is 1. The predicted molar refractivity (Wildman–Crippen MR) is 85.9 cm³/mol. The normalized spacial score (nSPS) is 10.8. The molecule has 0 bridgehead atoms. The van der Waals surface area contributed by atoms with Crippen molar-refractivity contribution in [2.24, 2.45) is 0 Å². The summed E-state index contributed by atoms with van der Waals surface area (Å²) in [5.41, 5.74) is 1.68. The molecule has 1 amide bonds. The fourth-order valence-corrected chi connectivity index (χ4v) is 2.97. The van der Waals surface area contributed by atoms with Crippen LogP contribution in [0.2, 0.25) is 0 Å². The summed E-state index contributed by atoms with van der Waals surface area (Å²) in [5, 5.41) is 11.5. The van der Waals surface area contributed by atoms with E-state index in [-0.39, 0.29) is 22.9 Å². The molecule has 0 saturated carbocycles. The largest absolute Gasteiger partial charge is 0.326 e. The predicted octanol–water partition coefficient (Wildman–Crippen LogP) is 2.00. The van der Waals surface area contributed by atoms with E-state index in [9.17, 15) is 13.2 Å². The molecule has 2 aromatic carbocycles. The van der Waals surface area contributed by atoms with Gasteiger partial charge >= 0.3 is 0 Å². The lowest BCUT2D eigenvalue weighted by molar-refractivity contribution is -0.114. The summed E-state index contributed by atoms with van der Waals surface area (Å²) in [5.74, 6) is -0.171. The van der Waals surface area contributed by atoms with Gasteiger partial charge in [0.1, 0.15) is 0 Å². The molecule has 2 aromatic rings. The third kappa shape index (κ3) is 4.64. The number of amides is 1. The van der Waals surface area contributed by atoms with E-state index in [0.29, 0.717) is 5.69 Å². The van der Waals surface area contributed by atoms with Crippen molar-refractivity contribution in [3.63, 3.8) is 0 Å². The first-order valence-corrected chi connectivity index (χ1v) is 8.25. The highest BCUT2D eigenvalue weighted by atomic mass is 32.2. The molecule has 0 spiro atoms. The van der Waals surface area contributed by atoms with Crippen LogP contribution < -0.4 is 10.0 Å². The Morgan fingerprint density at radius 3 is 2.48 bits per heavy atom. The monoisotopic (exact) mass is 329 g/mol. The maximum absolute atomic E-state index is 12.2. The number of sulfonamides is 1. The van der Waals surface area contributed by atoms with Crippen molar-refractivity contribution in [3.8, 4) is 6.07 Å². The van der Waals surface area contributed by atoms with E-state index < -0.39 is 10.0 Å². The van der Waals surface area contributed by atoms with Crippen LogP contribution in [0, 0.1) is 11.3 Å². The average molecular weight is 329 g/mol. The van der Waals surface area contributed by atoms with E-state index in [2.05, 4.69) is 10.0 Å². The van der Waals surface area contributed by atoms with Gasteiger partial charge in [-0.15, -0.1) is 0 Å². The third-order valence-corrected chi connectivity index (χ3v) is 4.41. The molecule has 6 nitrogen and oxygen atoms in total. The van der Waals surface area contributed by atoms with Crippen LogP contribution in [0.3, 0.4) is 0 Å². The van der Waals surface area contributed by atoms with Crippen LogP contribution in [0.4, 0.5) is 5.69 Å². The van der Waals surface area contributed by atoms with Crippen LogP contribution in [0.15, 0.2) is 53.4 Å². The Balaban J connectivity index is 2.07. The summed E-state index contributed by atoms with van der Waals surface area (Å²) in [6.07, 6.45) is 0. The zero-order chi connectivity index (χ0) is 16.9. The van der Waals surface area contributed by atoms with Gasteiger partial charge in [0.05, 0.1) is 16.5 Å². The molecular weight excluding hydrogens is 314 g/mol. The number of benzene rings is 2. The zero-order valence-corrected chi connectivity index (χ0v) is 13.2. The lowest BCUT2D eigenvalue weighted by atomic mass is 10.2. The number of nitrogens with one attached hydrogen (secondary N) is 2. The molecule has 0 fully saturated rings. The van der Waals surface area contributed by atoms with Crippen molar-refractivity contribution in [2.45, 2.75) is 18.4 Å². The number of rotatable bonds is 5. The van der Waals surface area contributed by atoms with Crippen LogP contribution in [-0.4, -0.2) is 14.3 Å². The van der Waals surface area contributed by atoms with Crippen LogP contribution >= 0.6 is 0 Å². The highest BCUT2D eigenvalue weighted by Gasteiger charge is 2.14. The summed E-state index contributed by atoms with van der Waals surface area (Å²) < 4.78 is 26.9. The van der Waals surface area contributed by atoms with Crippen molar-refractivity contribution < 1.29 is 13.2 Å². The molecule has 0 aliphatic heterocycles. The molecule has 23 heavy (non-hydrogen) atoms. The molecular formula is C16H15N3O3S. The van der Waals surface area contributed by atoms with E-state index in [1.54, 1.807) is 30.3 Å². The van der Waals surface area contributed by atoms with Gasteiger partial charge in [0.2, 0.25) is 15.9 Å². The minimum absolute atomic E-state index is 0.0476. The van der Waals surface area contributed by atoms with E-state index in [4.69, 9.17) is 5.26 Å². The molecule has 0 saturated heterocycles. The smallest absolute Gasteiger partial charge is 0.240 e. The topological polar surface area (TPSA) is 99.1 Å². The number of carbonyl (C=O) groups excluding carboxylic acids is 1. The second-order valence-corrected chi connectivity index (χ2v) is 6.61. The Bertz CT molecular complexity index is 853. The molecule has 2 N–H and O–H groups in total. The molecule has 2 rings (SSSR count). The van der Waals surface area contributed by atoms with Crippen LogP contribution in [-0.2, 0) is 21.4 Å². The molecule has 0 aliphatic carbocycles. The van der Waals surface area contributed by atoms with Crippen molar-refractivity contribution in [1.82, 2.24) is 4.72 Å². The Labute approximate surface area is 134 Å². The second-order valence-electron chi connectivity index (χ2n) is 4.84. The van der Waals surface area contributed by atoms with E-state index >= 15 is 0 Å². The first kappa shape index (κ1) is 16.7. The maximum Gasteiger partial charge on any atom is 0.240 e. The molecule has 0 aromatic heterocycles. The molecule has 0 radical (unpaired) electrons. The lowest BCUT2D eigenvalue weighted by Gasteiger charge is -2.08. The van der Waals surface area contributed by atoms with Crippen molar-refractivity contribution in [2.75, 3.05) is 5.32 Å². The minimum Gasteiger partial charge on any atom is -0.326 e. The van der Waals surface area contributed by atoms with Crippen molar-refractivity contribution in [1.29, 1.82) is 5.26 Å². The summed E-state index contributed by atoms with van der Waals surface area (Å²) in [6, 6.07) is 14.6. The highest BCUT2D eigenvalue weighted by Crippen LogP contribution is 2.13. The van der Waals surface area contributed by atoms with Gasteiger partial charge in [-0.25, -0.2) is 13.1 Å². The van der Waals surface area contributed by atoms with Crippen molar-refractivity contribution >= 4 is 21.6 Å². The molecule has 7 heteroatoms. The Kier molecular flexibility index (Phi) is 5.11. The van der Waals surface area contributed by atoms with E-state index in [1.807, 2.05) is 6.07 Å². The highest BCUT2D eigenvalue weighted by molar-refractivity contribution is 7.89. The molecule has 0 unspecified atom stereocenters. The summed E-state index contributed by atoms with van der Waals surface area (Å²) in [6.45, 7) is 1.52. The zero-order valence-electron chi connectivity index (χ0n) is 12.4. The van der Waals surface area contributed by atoms with Gasteiger partial charge in [0, 0.05) is 19.2 Å². The summed E-state index contributed by atoms with van der Waals surface area (Å²) in [4.78, 5) is 11.0. The number of anilines is 1. The Hall–Kier alpha value is -2.69. The van der Waals surface area contributed by atoms with E-state index in [0.717, 1.165) is 5.56 Å². The van der Waals surface area contributed by atoms with Gasteiger partial charge in [-0.3, -0.25) is 4.79 Å². The fraction of sp³-hybridized carbons (Fsp3) is 0.125. The standard InChI is InChI=1S/C16H15N3O3S/c1-12(20)19-15-7-5-13(6-8-15)11-18-23(21,22)16-4-2-3-14(9-16)10-17/h2-9,18H,11H2,1H3,(H,19,20). The number of nitrogens with zero attached hydrogens (tertiary/aromatic N) is 1.